The second kappa shape index (κ2) is 12.6. The first-order valence-corrected chi connectivity index (χ1v) is 13.4. The van der Waals surface area contributed by atoms with Gasteiger partial charge in [0.25, 0.3) is 0 Å². The number of nitrogens with zero attached hydrogens (tertiary/aromatic N) is 2. The van der Waals surface area contributed by atoms with Gasteiger partial charge in [0, 0.05) is 19.6 Å². The molecule has 0 aromatic rings. The number of ether oxygens (including phenoxy) is 2. The number of carbonyl (C=O) groups excluding carboxylic acids is 2. The van der Waals surface area contributed by atoms with Crippen LogP contribution in [0.5, 0.6) is 0 Å². The third kappa shape index (κ3) is 12.9. The van der Waals surface area contributed by atoms with Gasteiger partial charge in [0.05, 0.1) is 23.7 Å². The minimum atomic E-state index is -4.11. The topological polar surface area (TPSA) is 141 Å². The van der Waals surface area contributed by atoms with Gasteiger partial charge < -0.3 is 24.4 Å². The van der Waals surface area contributed by atoms with Crippen LogP contribution in [-0.2, 0) is 32.4 Å². The van der Waals surface area contributed by atoms with E-state index in [0.29, 0.717) is 19.4 Å². The van der Waals surface area contributed by atoms with Crippen molar-refractivity contribution in [2.24, 2.45) is 0 Å². The average Bonchev–Trinajstić information content (AvgIpc) is 3.08. The van der Waals surface area contributed by atoms with Crippen molar-refractivity contribution in [1.29, 1.82) is 0 Å². The molecule has 0 bridgehead atoms. The number of carboxylic acid groups (broad SMARTS) is 1. The molecule has 0 aromatic heterocycles. The number of hydrogen-bond donors (Lipinski definition) is 1. The Morgan fingerprint density at radius 1 is 0.972 bits per heavy atom. The van der Waals surface area contributed by atoms with Crippen molar-refractivity contribution in [3.63, 3.8) is 0 Å². The highest BCUT2D eigenvalue weighted by molar-refractivity contribution is 7.48. The predicted octanol–water partition coefficient (Wildman–Crippen LogP) is 5.01. The molecule has 13 heteroatoms. The van der Waals surface area contributed by atoms with Gasteiger partial charge in [-0.15, -0.1) is 0 Å². The molecule has 1 N–H and O–H groups in total. The van der Waals surface area contributed by atoms with Crippen LogP contribution in [0.15, 0.2) is 0 Å². The highest BCUT2D eigenvalue weighted by Crippen LogP contribution is 2.55. The quantitative estimate of drug-likeness (QED) is 0.229. The van der Waals surface area contributed by atoms with Gasteiger partial charge in [-0.2, -0.15) is 0 Å². The summed E-state index contributed by atoms with van der Waals surface area (Å²) in [4.78, 5) is 39.1. The van der Waals surface area contributed by atoms with Gasteiger partial charge in [-0.3, -0.25) is 13.8 Å². The molecular formula is C23H43N2O10P. The zero-order valence-electron chi connectivity index (χ0n) is 23.0. The Kier molecular flexibility index (Phi) is 11.2. The summed E-state index contributed by atoms with van der Waals surface area (Å²) in [5, 5.41) is 9.44. The number of esters is 1. The maximum atomic E-state index is 13.1. The molecule has 0 aromatic carbocycles. The number of carbonyl (C=O) groups is 3. The van der Waals surface area contributed by atoms with E-state index >= 15 is 0 Å². The molecule has 210 valence electrons. The SMILES string of the molecule is CC(C)(C)OC(=O)CCN(C[C@@H]1CCCN1C(=O)O)C(=O)OCOP(=O)(OC(C)(C)C)OC(C)(C)C. The van der Waals surface area contributed by atoms with E-state index in [1.165, 1.54) is 9.80 Å². The van der Waals surface area contributed by atoms with E-state index in [0.717, 1.165) is 0 Å². The Labute approximate surface area is 214 Å². The van der Waals surface area contributed by atoms with Crippen LogP contribution in [0.3, 0.4) is 0 Å². The van der Waals surface area contributed by atoms with Crippen LogP contribution in [-0.4, -0.2) is 82.3 Å². The summed E-state index contributed by atoms with van der Waals surface area (Å²) in [6, 6.07) is -0.450. The van der Waals surface area contributed by atoms with Gasteiger partial charge >= 0.3 is 26.0 Å². The first-order chi connectivity index (χ1) is 16.2. The summed E-state index contributed by atoms with van der Waals surface area (Å²) in [6.45, 7) is 14.8. The third-order valence-electron chi connectivity index (χ3n) is 4.48. The molecule has 0 radical (unpaired) electrons. The smallest absolute Gasteiger partial charge is 0.465 e. The molecule has 0 unspecified atom stereocenters. The summed E-state index contributed by atoms with van der Waals surface area (Å²) in [6.07, 6.45) is -0.847. The highest BCUT2D eigenvalue weighted by Gasteiger charge is 2.38. The van der Waals surface area contributed by atoms with Gasteiger partial charge in [-0.25, -0.2) is 18.7 Å². The van der Waals surface area contributed by atoms with Crippen LogP contribution in [0, 0.1) is 0 Å². The molecule has 1 rings (SSSR count). The number of likely N-dealkylation sites (tertiary alicyclic amines) is 1. The minimum Gasteiger partial charge on any atom is -0.465 e. The molecule has 0 spiro atoms. The largest absolute Gasteiger partial charge is 0.478 e. The van der Waals surface area contributed by atoms with Crippen molar-refractivity contribution in [2.75, 3.05) is 26.4 Å². The van der Waals surface area contributed by atoms with Crippen molar-refractivity contribution < 1.29 is 47.1 Å². The summed E-state index contributed by atoms with van der Waals surface area (Å²) >= 11 is 0. The van der Waals surface area contributed by atoms with E-state index in [-0.39, 0.29) is 19.5 Å². The molecule has 0 saturated carbocycles. The average molecular weight is 539 g/mol. The number of amides is 2. The first kappa shape index (κ1) is 32.1. The van der Waals surface area contributed by atoms with Crippen LogP contribution in [0.25, 0.3) is 0 Å². The number of rotatable bonds is 10. The fourth-order valence-corrected chi connectivity index (χ4v) is 5.05. The molecule has 0 aliphatic carbocycles. The lowest BCUT2D eigenvalue weighted by Gasteiger charge is -2.31. The lowest BCUT2D eigenvalue weighted by atomic mass is 10.2. The normalized spacial score (nSPS) is 17.1. The molecule has 1 aliphatic heterocycles. The van der Waals surface area contributed by atoms with E-state index in [1.807, 2.05) is 0 Å². The Balaban J connectivity index is 2.90. The maximum absolute atomic E-state index is 13.1. The molecule has 2 amide bonds. The van der Waals surface area contributed by atoms with Crippen molar-refractivity contribution in [3.8, 4) is 0 Å². The van der Waals surface area contributed by atoms with E-state index in [9.17, 15) is 24.1 Å². The van der Waals surface area contributed by atoms with Gasteiger partial charge in [0.1, 0.15) is 5.60 Å². The summed E-state index contributed by atoms with van der Waals surface area (Å²) in [7, 11) is -4.11. The zero-order chi connectivity index (χ0) is 27.9. The van der Waals surface area contributed by atoms with E-state index < -0.39 is 55.6 Å². The Morgan fingerprint density at radius 3 is 2.00 bits per heavy atom. The highest BCUT2D eigenvalue weighted by atomic mass is 31.2. The van der Waals surface area contributed by atoms with E-state index in [4.69, 9.17) is 23.0 Å². The standard InChI is InChI=1S/C23H43N2O10P/c1-21(2,3)33-18(26)12-14-24(15-17-11-10-13-25(17)19(27)28)20(29)31-16-32-36(30,34-22(4,5)6)35-23(7,8)9/h17H,10-16H2,1-9H3,(H,27,28)/t17-/m0/s1. The number of phosphoric acid groups is 1. The lowest BCUT2D eigenvalue weighted by molar-refractivity contribution is -0.155. The Hall–Kier alpha value is -1.88. The monoisotopic (exact) mass is 538 g/mol. The van der Waals surface area contributed by atoms with Crippen molar-refractivity contribution in [3.05, 3.63) is 0 Å². The molecule has 1 aliphatic rings. The number of phosphoric ester groups is 1. The Bertz CT molecular complexity index is 793. The fraction of sp³-hybridized carbons (Fsp3) is 0.870. The van der Waals surface area contributed by atoms with Gasteiger partial charge in [-0.05, 0) is 75.2 Å². The van der Waals surface area contributed by atoms with Gasteiger partial charge in [0.2, 0.25) is 6.79 Å². The second-order valence-electron chi connectivity index (χ2n) is 11.6. The molecule has 1 saturated heterocycles. The third-order valence-corrected chi connectivity index (χ3v) is 6.45. The minimum absolute atomic E-state index is 0.0164. The summed E-state index contributed by atoms with van der Waals surface area (Å²) in [5.41, 5.74) is -2.43. The predicted molar refractivity (Wildman–Crippen MR) is 132 cm³/mol. The molecule has 1 atom stereocenters. The molecule has 12 nitrogen and oxygen atoms in total. The van der Waals surface area contributed by atoms with Crippen LogP contribution in [0.1, 0.15) is 81.6 Å². The van der Waals surface area contributed by atoms with E-state index in [2.05, 4.69) is 0 Å². The van der Waals surface area contributed by atoms with Crippen molar-refractivity contribution in [1.82, 2.24) is 9.80 Å². The molecule has 36 heavy (non-hydrogen) atoms. The lowest BCUT2D eigenvalue weighted by Crippen LogP contribution is -2.46. The first-order valence-electron chi connectivity index (χ1n) is 12.0. The molecular weight excluding hydrogens is 495 g/mol. The second-order valence-corrected chi connectivity index (χ2v) is 13.1. The van der Waals surface area contributed by atoms with Crippen LogP contribution in [0.4, 0.5) is 9.59 Å². The summed E-state index contributed by atoms with van der Waals surface area (Å²) < 4.78 is 39.9. The van der Waals surface area contributed by atoms with Crippen LogP contribution in [0.2, 0.25) is 0 Å². The number of hydrogen-bond acceptors (Lipinski definition) is 9. The summed E-state index contributed by atoms with van der Waals surface area (Å²) in [5.74, 6) is -0.514. The van der Waals surface area contributed by atoms with Crippen LogP contribution < -0.4 is 0 Å². The fourth-order valence-electron chi connectivity index (χ4n) is 3.38. The van der Waals surface area contributed by atoms with Gasteiger partial charge in [-0.1, -0.05) is 0 Å². The van der Waals surface area contributed by atoms with Crippen molar-refractivity contribution in [2.45, 2.75) is 104 Å². The molecule has 1 heterocycles. The van der Waals surface area contributed by atoms with Gasteiger partial charge in [0.15, 0.2) is 0 Å². The van der Waals surface area contributed by atoms with Crippen molar-refractivity contribution >= 4 is 26.0 Å². The van der Waals surface area contributed by atoms with E-state index in [1.54, 1.807) is 62.3 Å². The zero-order valence-corrected chi connectivity index (χ0v) is 23.9. The Morgan fingerprint density at radius 2 is 1.53 bits per heavy atom. The maximum Gasteiger partial charge on any atom is 0.478 e. The molecule has 1 fully saturated rings. The van der Waals surface area contributed by atoms with Crippen LogP contribution >= 0.6 is 7.82 Å².